The minimum absolute atomic E-state index is 0.124. The Balaban J connectivity index is 1.78. The maximum atomic E-state index is 11.7. The van der Waals surface area contributed by atoms with E-state index in [1.54, 1.807) is 19.1 Å². The lowest BCUT2D eigenvalue weighted by molar-refractivity contribution is 0.0366. The molecular weight excluding hydrogens is 232 g/mol. The third kappa shape index (κ3) is 3.26. The van der Waals surface area contributed by atoms with Gasteiger partial charge in [0.1, 0.15) is 11.4 Å². The third-order valence-electron chi connectivity index (χ3n) is 3.34. The number of urea groups is 1. The Morgan fingerprint density at radius 2 is 2.28 bits per heavy atom. The maximum absolute atomic E-state index is 11.7. The van der Waals surface area contributed by atoms with Gasteiger partial charge in [-0.25, -0.2) is 4.79 Å². The summed E-state index contributed by atoms with van der Waals surface area (Å²) in [7, 11) is 0. The predicted molar refractivity (Wildman–Crippen MR) is 67.1 cm³/mol. The molecule has 1 aliphatic rings. The second kappa shape index (κ2) is 5.44. The first-order valence-electron chi connectivity index (χ1n) is 6.39. The van der Waals surface area contributed by atoms with Crippen LogP contribution in [0.1, 0.15) is 38.4 Å². The van der Waals surface area contributed by atoms with E-state index in [4.69, 9.17) is 4.42 Å². The molecule has 0 bridgehead atoms. The topological polar surface area (TPSA) is 74.5 Å². The van der Waals surface area contributed by atoms with Crippen LogP contribution in [0.5, 0.6) is 0 Å². The van der Waals surface area contributed by atoms with Crippen LogP contribution in [0, 0.1) is 0 Å². The number of hydrogen-bond acceptors (Lipinski definition) is 3. The summed E-state index contributed by atoms with van der Waals surface area (Å²) >= 11 is 0. The van der Waals surface area contributed by atoms with Crippen LogP contribution in [0.3, 0.4) is 0 Å². The van der Waals surface area contributed by atoms with Gasteiger partial charge in [-0.1, -0.05) is 12.8 Å². The molecule has 0 radical (unpaired) electrons. The molecule has 1 heterocycles. The highest BCUT2D eigenvalue weighted by Crippen LogP contribution is 2.20. The molecule has 1 saturated carbocycles. The van der Waals surface area contributed by atoms with Crippen molar-refractivity contribution in [2.75, 3.05) is 6.54 Å². The van der Waals surface area contributed by atoms with E-state index in [0.29, 0.717) is 5.76 Å². The third-order valence-corrected chi connectivity index (χ3v) is 3.34. The summed E-state index contributed by atoms with van der Waals surface area (Å²) in [5.74, 6) is 0.448. The molecule has 18 heavy (non-hydrogen) atoms. The smallest absolute Gasteiger partial charge is 0.315 e. The quantitative estimate of drug-likeness (QED) is 0.764. The van der Waals surface area contributed by atoms with Crippen LogP contribution in [0.15, 0.2) is 22.8 Å². The summed E-state index contributed by atoms with van der Waals surface area (Å²) in [4.78, 5) is 11.7. The summed E-state index contributed by atoms with van der Waals surface area (Å²) in [5.41, 5.74) is -1.18. The maximum Gasteiger partial charge on any atom is 0.315 e. The summed E-state index contributed by atoms with van der Waals surface area (Å²) in [5, 5.41) is 15.7. The Morgan fingerprint density at radius 3 is 2.89 bits per heavy atom. The van der Waals surface area contributed by atoms with Crippen LogP contribution < -0.4 is 10.6 Å². The lowest BCUT2D eigenvalue weighted by Crippen LogP contribution is -2.46. The largest absolute Gasteiger partial charge is 0.466 e. The Bertz CT molecular complexity index is 381. The zero-order valence-electron chi connectivity index (χ0n) is 10.6. The lowest BCUT2D eigenvalue weighted by atomic mass is 10.0. The van der Waals surface area contributed by atoms with Gasteiger partial charge in [0.05, 0.1) is 12.8 Å². The fraction of sp³-hybridized carbons (Fsp3) is 0.615. The molecule has 3 N–H and O–H groups in total. The monoisotopic (exact) mass is 252 g/mol. The number of carbonyl (C=O) groups is 1. The molecule has 5 heteroatoms. The summed E-state index contributed by atoms with van der Waals surface area (Å²) < 4.78 is 5.14. The van der Waals surface area contributed by atoms with Crippen molar-refractivity contribution in [2.45, 2.75) is 44.2 Å². The molecule has 1 aromatic rings. The fourth-order valence-corrected chi connectivity index (χ4v) is 2.23. The molecule has 2 amide bonds. The number of aliphatic hydroxyl groups is 1. The van der Waals surface area contributed by atoms with E-state index in [9.17, 15) is 9.90 Å². The molecule has 100 valence electrons. The second-order valence-corrected chi connectivity index (χ2v) is 5.06. The highest BCUT2D eigenvalue weighted by atomic mass is 16.4. The molecule has 0 aromatic carbocycles. The molecule has 1 fully saturated rings. The number of hydrogen-bond donors (Lipinski definition) is 3. The van der Waals surface area contributed by atoms with Gasteiger partial charge in [-0.05, 0) is 31.9 Å². The Morgan fingerprint density at radius 1 is 1.56 bits per heavy atom. The first kappa shape index (κ1) is 13.0. The van der Waals surface area contributed by atoms with Crippen molar-refractivity contribution >= 4 is 6.03 Å². The zero-order chi connectivity index (χ0) is 13.0. The molecule has 1 atom stereocenters. The van der Waals surface area contributed by atoms with Gasteiger partial charge in [-0.15, -0.1) is 0 Å². The van der Waals surface area contributed by atoms with Crippen LogP contribution in [-0.2, 0) is 5.60 Å². The van der Waals surface area contributed by atoms with Crippen molar-refractivity contribution in [1.29, 1.82) is 0 Å². The van der Waals surface area contributed by atoms with E-state index in [2.05, 4.69) is 10.6 Å². The van der Waals surface area contributed by atoms with E-state index in [-0.39, 0.29) is 18.6 Å². The van der Waals surface area contributed by atoms with E-state index >= 15 is 0 Å². The van der Waals surface area contributed by atoms with Gasteiger partial charge in [-0.3, -0.25) is 0 Å². The SMILES string of the molecule is CC(O)(CNC(=O)NC1CCCC1)c1ccco1. The molecule has 0 saturated heterocycles. The van der Waals surface area contributed by atoms with Gasteiger partial charge in [0, 0.05) is 6.04 Å². The Labute approximate surface area is 107 Å². The van der Waals surface area contributed by atoms with Gasteiger partial charge in [0.2, 0.25) is 0 Å². The zero-order valence-corrected chi connectivity index (χ0v) is 10.6. The predicted octanol–water partition coefficient (Wildman–Crippen LogP) is 1.73. The van der Waals surface area contributed by atoms with Gasteiger partial charge >= 0.3 is 6.03 Å². The van der Waals surface area contributed by atoms with Gasteiger partial charge in [0.25, 0.3) is 0 Å². The van der Waals surface area contributed by atoms with Crippen LogP contribution in [0.4, 0.5) is 4.79 Å². The molecule has 0 spiro atoms. The van der Waals surface area contributed by atoms with Crippen molar-refractivity contribution in [3.8, 4) is 0 Å². The van der Waals surface area contributed by atoms with E-state index in [1.807, 2.05) is 0 Å². The van der Waals surface area contributed by atoms with Crippen molar-refractivity contribution < 1.29 is 14.3 Å². The number of carbonyl (C=O) groups excluding carboxylic acids is 1. The minimum Gasteiger partial charge on any atom is -0.466 e. The summed E-state index contributed by atoms with van der Waals surface area (Å²) in [6, 6.07) is 3.45. The average molecular weight is 252 g/mol. The van der Waals surface area contributed by atoms with Gasteiger partial charge in [0.15, 0.2) is 0 Å². The van der Waals surface area contributed by atoms with Crippen LogP contribution >= 0.6 is 0 Å². The molecule has 1 aliphatic carbocycles. The minimum atomic E-state index is -1.18. The van der Waals surface area contributed by atoms with Crippen molar-refractivity contribution in [3.63, 3.8) is 0 Å². The first-order chi connectivity index (χ1) is 8.58. The van der Waals surface area contributed by atoms with Crippen molar-refractivity contribution in [2.24, 2.45) is 0 Å². The molecule has 2 rings (SSSR count). The molecule has 0 aliphatic heterocycles. The first-order valence-corrected chi connectivity index (χ1v) is 6.39. The Hall–Kier alpha value is -1.49. The normalized spacial score (nSPS) is 19.4. The molecule has 5 nitrogen and oxygen atoms in total. The number of rotatable bonds is 4. The van der Waals surface area contributed by atoms with Crippen molar-refractivity contribution in [1.82, 2.24) is 10.6 Å². The number of amides is 2. The van der Waals surface area contributed by atoms with Crippen LogP contribution in [0.25, 0.3) is 0 Å². The summed E-state index contributed by atoms with van der Waals surface area (Å²) in [6.45, 7) is 1.74. The number of furan rings is 1. The van der Waals surface area contributed by atoms with Crippen LogP contribution in [0.2, 0.25) is 0 Å². The lowest BCUT2D eigenvalue weighted by Gasteiger charge is -2.22. The van der Waals surface area contributed by atoms with E-state index in [0.717, 1.165) is 12.8 Å². The molecule has 1 unspecified atom stereocenters. The summed E-state index contributed by atoms with van der Waals surface area (Å²) in [6.07, 6.45) is 5.94. The standard InChI is InChI=1S/C13H20N2O3/c1-13(17,11-7-4-8-18-11)9-14-12(16)15-10-5-2-3-6-10/h4,7-8,10,17H,2-3,5-6,9H2,1H3,(H2,14,15,16). The van der Waals surface area contributed by atoms with Gasteiger partial charge in [-0.2, -0.15) is 0 Å². The van der Waals surface area contributed by atoms with E-state index < -0.39 is 5.60 Å². The number of nitrogens with one attached hydrogen (secondary N) is 2. The Kier molecular flexibility index (Phi) is 3.91. The second-order valence-electron chi connectivity index (χ2n) is 5.06. The van der Waals surface area contributed by atoms with Crippen molar-refractivity contribution in [3.05, 3.63) is 24.2 Å². The van der Waals surface area contributed by atoms with Gasteiger partial charge < -0.3 is 20.2 Å². The van der Waals surface area contributed by atoms with Crippen LogP contribution in [-0.4, -0.2) is 23.7 Å². The molecular formula is C13H20N2O3. The molecule has 1 aromatic heterocycles. The fourth-order valence-electron chi connectivity index (χ4n) is 2.23. The average Bonchev–Trinajstić information content (AvgIpc) is 2.99. The highest BCUT2D eigenvalue weighted by Gasteiger charge is 2.27. The highest BCUT2D eigenvalue weighted by molar-refractivity contribution is 5.74. The van der Waals surface area contributed by atoms with E-state index in [1.165, 1.54) is 19.1 Å².